The van der Waals surface area contributed by atoms with E-state index in [-0.39, 0.29) is 10.8 Å². The number of likely N-dealkylation sites (tertiary alicyclic amines) is 1. The van der Waals surface area contributed by atoms with Gasteiger partial charge in [-0.1, -0.05) is 24.6 Å². The first kappa shape index (κ1) is 27.9. The lowest BCUT2D eigenvalue weighted by molar-refractivity contribution is -0.136. The van der Waals surface area contributed by atoms with E-state index < -0.39 is 28.9 Å². The van der Waals surface area contributed by atoms with Gasteiger partial charge in [0.25, 0.3) is 5.91 Å². The van der Waals surface area contributed by atoms with Gasteiger partial charge in [-0.05, 0) is 88.2 Å². The number of benzene rings is 2. The van der Waals surface area contributed by atoms with Gasteiger partial charge in [0, 0.05) is 18.8 Å². The van der Waals surface area contributed by atoms with Crippen molar-refractivity contribution in [3.63, 3.8) is 0 Å². The Balaban J connectivity index is 1.36. The summed E-state index contributed by atoms with van der Waals surface area (Å²) in [7, 11) is 0. The minimum atomic E-state index is -4.72. The van der Waals surface area contributed by atoms with Crippen molar-refractivity contribution in [1.29, 1.82) is 0 Å². The van der Waals surface area contributed by atoms with Gasteiger partial charge in [-0.3, -0.25) is 14.6 Å². The summed E-state index contributed by atoms with van der Waals surface area (Å²) in [6.45, 7) is 14.4. The highest BCUT2D eigenvalue weighted by molar-refractivity contribution is 7.80. The number of thiocarbonyl (C=S) groups is 1. The minimum absolute atomic E-state index is 0.00353. The molecule has 0 N–H and O–H groups in total. The van der Waals surface area contributed by atoms with Gasteiger partial charge in [-0.15, -0.1) is 0 Å². The van der Waals surface area contributed by atoms with Crippen molar-refractivity contribution >= 4 is 34.6 Å². The Morgan fingerprint density at radius 2 is 1.76 bits per heavy atom. The lowest BCUT2D eigenvalue weighted by Crippen LogP contribution is -2.44. The number of anilines is 1. The molecule has 2 aliphatic heterocycles. The quantitative estimate of drug-likeness (QED) is 0.218. The molecule has 202 valence electrons. The van der Waals surface area contributed by atoms with Crippen molar-refractivity contribution < 1.29 is 22.7 Å². The number of amides is 1. The number of halogens is 3. The number of hydrogen-bond acceptors (Lipinski definition) is 4. The molecular formula is C28H31F3N4O2S. The van der Waals surface area contributed by atoms with Crippen molar-refractivity contribution in [2.75, 3.05) is 31.1 Å². The van der Waals surface area contributed by atoms with Gasteiger partial charge < -0.3 is 9.64 Å². The third-order valence-corrected chi connectivity index (χ3v) is 7.46. The van der Waals surface area contributed by atoms with Crippen molar-refractivity contribution in [2.24, 2.45) is 0 Å². The van der Waals surface area contributed by atoms with Crippen LogP contribution < -0.4 is 9.64 Å². The summed E-state index contributed by atoms with van der Waals surface area (Å²) in [5, 5.41) is 0.130. The van der Waals surface area contributed by atoms with Crippen LogP contribution in [-0.4, -0.2) is 52.6 Å². The van der Waals surface area contributed by atoms with Crippen molar-refractivity contribution in [2.45, 2.75) is 57.8 Å². The SMILES string of the molecule is [C-]#[N+]c1ccc(N2C(=O)C(C)(C)N(CCCOc3ccc(CN4CCCCC4)cc3)C2=S)cc1C(F)(F)F. The number of carbonyl (C=O) groups excluding carboxylic acids is 1. The smallest absolute Gasteiger partial charge is 0.407 e. The largest absolute Gasteiger partial charge is 0.494 e. The second kappa shape index (κ2) is 11.3. The molecule has 0 atom stereocenters. The fourth-order valence-corrected chi connectivity index (χ4v) is 5.41. The third kappa shape index (κ3) is 5.94. The summed E-state index contributed by atoms with van der Waals surface area (Å²) in [6, 6.07) is 11.3. The molecule has 0 aliphatic carbocycles. The molecule has 38 heavy (non-hydrogen) atoms. The summed E-state index contributed by atoms with van der Waals surface area (Å²) < 4.78 is 46.4. The molecule has 0 bridgehead atoms. The zero-order valence-electron chi connectivity index (χ0n) is 21.6. The van der Waals surface area contributed by atoms with Crippen LogP contribution in [0, 0.1) is 6.57 Å². The van der Waals surface area contributed by atoms with E-state index in [4.69, 9.17) is 23.5 Å². The molecule has 2 aliphatic rings. The van der Waals surface area contributed by atoms with Crippen LogP contribution in [0.25, 0.3) is 4.85 Å². The Labute approximate surface area is 226 Å². The Kier molecular flexibility index (Phi) is 8.28. The van der Waals surface area contributed by atoms with E-state index in [0.717, 1.165) is 42.4 Å². The highest BCUT2D eigenvalue weighted by Gasteiger charge is 2.49. The average Bonchev–Trinajstić information content (AvgIpc) is 3.06. The summed E-state index contributed by atoms with van der Waals surface area (Å²) in [4.78, 5) is 21.5. The third-order valence-electron chi connectivity index (χ3n) is 7.06. The number of piperidine rings is 1. The maximum atomic E-state index is 13.5. The predicted octanol–water partition coefficient (Wildman–Crippen LogP) is 6.42. The van der Waals surface area contributed by atoms with Crippen LogP contribution in [0.15, 0.2) is 42.5 Å². The number of nitrogens with zero attached hydrogens (tertiary/aromatic N) is 4. The van der Waals surface area contributed by atoms with E-state index >= 15 is 0 Å². The predicted molar refractivity (Wildman–Crippen MR) is 144 cm³/mol. The van der Waals surface area contributed by atoms with Crippen LogP contribution in [0.4, 0.5) is 24.5 Å². The van der Waals surface area contributed by atoms with E-state index in [1.165, 1.54) is 30.9 Å². The molecule has 0 aromatic heterocycles. The van der Waals surface area contributed by atoms with Crippen molar-refractivity contribution in [3.8, 4) is 5.75 Å². The number of rotatable bonds is 8. The number of alkyl halides is 3. The van der Waals surface area contributed by atoms with E-state index in [1.807, 2.05) is 12.1 Å². The molecule has 2 saturated heterocycles. The fourth-order valence-electron chi connectivity index (χ4n) is 4.91. The second-order valence-electron chi connectivity index (χ2n) is 10.1. The molecule has 2 aromatic rings. The summed E-state index contributed by atoms with van der Waals surface area (Å²) in [5.74, 6) is 0.337. The maximum Gasteiger partial charge on any atom is 0.407 e. The second-order valence-corrected chi connectivity index (χ2v) is 10.5. The number of hydrogen-bond donors (Lipinski definition) is 0. The van der Waals surface area contributed by atoms with Gasteiger partial charge in [0.15, 0.2) is 10.8 Å². The lowest BCUT2D eigenvalue weighted by Gasteiger charge is -2.29. The number of ether oxygens (including phenoxy) is 1. The Bertz CT molecular complexity index is 1220. The highest BCUT2D eigenvalue weighted by Crippen LogP contribution is 2.40. The number of carbonyl (C=O) groups is 1. The monoisotopic (exact) mass is 544 g/mol. The van der Waals surface area contributed by atoms with Crippen molar-refractivity contribution in [1.82, 2.24) is 9.80 Å². The molecule has 4 rings (SSSR count). The standard InChI is InChI=1S/C28H31F3N4O2S/c1-27(2)25(36)35(21-10-13-24(32-3)23(18-21)28(29,30)31)26(38)34(27)16-7-17-37-22-11-8-20(9-12-22)19-33-14-5-4-6-15-33/h8-13,18H,4-7,14-17,19H2,1-2H3. The molecule has 2 heterocycles. The molecule has 2 fully saturated rings. The molecule has 2 aromatic carbocycles. The topological polar surface area (TPSA) is 40.4 Å². The van der Waals surface area contributed by atoms with Crippen LogP contribution >= 0.6 is 12.2 Å². The lowest BCUT2D eigenvalue weighted by atomic mass is 10.0. The van der Waals surface area contributed by atoms with E-state index in [0.29, 0.717) is 19.6 Å². The van der Waals surface area contributed by atoms with Crippen molar-refractivity contribution in [3.05, 3.63) is 65.0 Å². The molecule has 0 saturated carbocycles. The summed E-state index contributed by atoms with van der Waals surface area (Å²) in [5.41, 5.74) is -1.40. The molecule has 0 spiro atoms. The van der Waals surface area contributed by atoms with Gasteiger partial charge >= 0.3 is 6.18 Å². The Morgan fingerprint density at radius 1 is 1.08 bits per heavy atom. The van der Waals surface area contributed by atoms with E-state index in [1.54, 1.807) is 18.7 Å². The average molecular weight is 545 g/mol. The minimum Gasteiger partial charge on any atom is -0.494 e. The Morgan fingerprint density at radius 3 is 2.39 bits per heavy atom. The molecule has 1 amide bonds. The van der Waals surface area contributed by atoms with Gasteiger partial charge in [0.2, 0.25) is 0 Å². The molecule has 6 nitrogen and oxygen atoms in total. The molecular weight excluding hydrogens is 513 g/mol. The van der Waals surface area contributed by atoms with Gasteiger partial charge in [-0.25, -0.2) is 4.85 Å². The van der Waals surface area contributed by atoms with Gasteiger partial charge in [0.05, 0.1) is 18.7 Å². The van der Waals surface area contributed by atoms with E-state index in [2.05, 4.69) is 21.9 Å². The zero-order valence-corrected chi connectivity index (χ0v) is 22.4. The van der Waals surface area contributed by atoms with Crippen LogP contribution in [0.1, 0.15) is 50.7 Å². The van der Waals surface area contributed by atoms with Gasteiger partial charge in [0.1, 0.15) is 11.3 Å². The first-order chi connectivity index (χ1) is 18.0. The zero-order chi connectivity index (χ0) is 27.5. The van der Waals surface area contributed by atoms with E-state index in [9.17, 15) is 18.0 Å². The van der Waals surface area contributed by atoms with Crippen LogP contribution in [0.5, 0.6) is 5.75 Å². The summed E-state index contributed by atoms with van der Waals surface area (Å²) in [6.07, 6.45) is -0.344. The fraction of sp³-hybridized carbons (Fsp3) is 0.464. The Hall–Kier alpha value is -3.16. The molecule has 0 unspecified atom stereocenters. The first-order valence-corrected chi connectivity index (χ1v) is 13.1. The normalized spacial score (nSPS) is 18.1. The first-order valence-electron chi connectivity index (χ1n) is 12.7. The highest BCUT2D eigenvalue weighted by atomic mass is 32.1. The maximum absolute atomic E-state index is 13.5. The summed E-state index contributed by atoms with van der Waals surface area (Å²) >= 11 is 5.54. The molecule has 0 radical (unpaired) electrons. The van der Waals surface area contributed by atoms with Crippen LogP contribution in [0.3, 0.4) is 0 Å². The molecule has 10 heteroatoms. The van der Waals surface area contributed by atoms with Crippen LogP contribution in [-0.2, 0) is 17.5 Å². The van der Waals surface area contributed by atoms with Crippen LogP contribution in [0.2, 0.25) is 0 Å². The van der Waals surface area contributed by atoms with Gasteiger partial charge in [-0.2, -0.15) is 13.2 Å².